The third-order valence-electron chi connectivity index (χ3n) is 3.25. The normalized spacial score (nSPS) is 10.2. The second kappa shape index (κ2) is 8.64. The second-order valence-corrected chi connectivity index (χ2v) is 5.00. The smallest absolute Gasteiger partial charge is 0.384 e. The maximum absolute atomic E-state index is 11.2. The maximum atomic E-state index is 11.2. The van der Waals surface area contributed by atoms with Gasteiger partial charge >= 0.3 is 11.6 Å². The number of carbonyl (C=O) groups excluding carboxylic acids is 1. The van der Waals surface area contributed by atoms with Crippen LogP contribution in [0.4, 0.5) is 0 Å². The van der Waals surface area contributed by atoms with Gasteiger partial charge in [-0.15, -0.1) is 6.42 Å². The highest BCUT2D eigenvalue weighted by molar-refractivity contribution is 5.87. The monoisotopic (exact) mass is 314 g/mol. The van der Waals surface area contributed by atoms with Crippen LogP contribution in [0.5, 0.6) is 5.75 Å². The summed E-state index contributed by atoms with van der Waals surface area (Å²) in [6, 6.07) is 8.53. The lowest BCUT2D eigenvalue weighted by molar-refractivity contribution is -0.136. The van der Waals surface area contributed by atoms with Crippen molar-refractivity contribution in [2.75, 3.05) is 13.2 Å². The molecule has 0 N–H and O–H groups in total. The van der Waals surface area contributed by atoms with Crippen LogP contribution in [-0.2, 0) is 9.53 Å². The molecule has 0 fully saturated rings. The molecule has 0 saturated heterocycles. The van der Waals surface area contributed by atoms with Gasteiger partial charge in [0.25, 0.3) is 0 Å². The third kappa shape index (κ3) is 5.51. The molecule has 0 spiro atoms. The van der Waals surface area contributed by atoms with E-state index < -0.39 is 5.97 Å². The summed E-state index contributed by atoms with van der Waals surface area (Å²) >= 11 is 0. The molecule has 0 aliphatic carbocycles. The summed E-state index contributed by atoms with van der Waals surface area (Å²) in [7, 11) is 0. The van der Waals surface area contributed by atoms with Gasteiger partial charge in [0.15, 0.2) is 0 Å². The molecule has 0 unspecified atom stereocenters. The first-order chi connectivity index (χ1) is 11.2. The summed E-state index contributed by atoms with van der Waals surface area (Å²) in [5.74, 6) is 1.96. The third-order valence-corrected chi connectivity index (χ3v) is 3.25. The van der Waals surface area contributed by atoms with Crippen LogP contribution in [0.1, 0.15) is 25.7 Å². The first-order valence-electron chi connectivity index (χ1n) is 7.49. The van der Waals surface area contributed by atoms with E-state index in [2.05, 4.69) is 0 Å². The predicted octanol–water partition coefficient (Wildman–Crippen LogP) is 2.91. The molecular formula is C18H18O5. The first kappa shape index (κ1) is 16.6. The van der Waals surface area contributed by atoms with Crippen molar-refractivity contribution in [2.45, 2.75) is 25.7 Å². The van der Waals surface area contributed by atoms with E-state index in [-0.39, 0.29) is 5.63 Å². The molecule has 0 amide bonds. The molecule has 0 aliphatic heterocycles. The SMILES string of the molecule is C#CC(=O)OCCCCCCOc1ccc2ccc(=O)oc2c1. The fourth-order valence-corrected chi connectivity index (χ4v) is 2.08. The van der Waals surface area contributed by atoms with Gasteiger partial charge in [-0.3, -0.25) is 0 Å². The number of terminal acetylenes is 1. The summed E-state index contributed by atoms with van der Waals surface area (Å²) in [4.78, 5) is 21.9. The van der Waals surface area contributed by atoms with Crippen LogP contribution < -0.4 is 10.4 Å². The van der Waals surface area contributed by atoms with E-state index in [0.717, 1.165) is 31.1 Å². The molecule has 2 rings (SSSR count). The zero-order chi connectivity index (χ0) is 16.5. The molecule has 1 aromatic carbocycles. The van der Waals surface area contributed by atoms with Gasteiger partial charge in [0.05, 0.1) is 13.2 Å². The number of hydrogen-bond acceptors (Lipinski definition) is 5. The number of hydrogen-bond donors (Lipinski definition) is 0. The zero-order valence-corrected chi connectivity index (χ0v) is 12.7. The van der Waals surface area contributed by atoms with Gasteiger partial charge in [0.1, 0.15) is 11.3 Å². The topological polar surface area (TPSA) is 65.7 Å². The van der Waals surface area contributed by atoms with Crippen molar-refractivity contribution >= 4 is 16.9 Å². The second-order valence-electron chi connectivity index (χ2n) is 5.00. The van der Waals surface area contributed by atoms with Crippen LogP contribution in [0.2, 0.25) is 0 Å². The molecule has 1 aromatic heterocycles. The van der Waals surface area contributed by atoms with Crippen molar-refractivity contribution in [1.29, 1.82) is 0 Å². The fourth-order valence-electron chi connectivity index (χ4n) is 2.08. The quantitative estimate of drug-likeness (QED) is 0.246. The summed E-state index contributed by atoms with van der Waals surface area (Å²) in [5.41, 5.74) is 0.144. The van der Waals surface area contributed by atoms with E-state index in [1.165, 1.54) is 6.07 Å². The van der Waals surface area contributed by atoms with Gasteiger partial charge in [0.2, 0.25) is 0 Å². The summed E-state index contributed by atoms with van der Waals surface area (Å²) < 4.78 is 15.5. The van der Waals surface area contributed by atoms with Crippen LogP contribution in [0.3, 0.4) is 0 Å². The molecule has 0 aliphatic rings. The highest BCUT2D eigenvalue weighted by Gasteiger charge is 2.01. The average molecular weight is 314 g/mol. The Balaban J connectivity index is 1.66. The van der Waals surface area contributed by atoms with Crippen LogP contribution in [0.15, 0.2) is 39.5 Å². The molecule has 5 heteroatoms. The molecule has 5 nitrogen and oxygen atoms in total. The largest absolute Gasteiger partial charge is 0.493 e. The summed E-state index contributed by atoms with van der Waals surface area (Å²) in [6.07, 6.45) is 8.47. The van der Waals surface area contributed by atoms with E-state index >= 15 is 0 Å². The molecule has 2 aromatic rings. The molecule has 0 saturated carbocycles. The van der Waals surface area contributed by atoms with E-state index in [9.17, 15) is 9.59 Å². The number of benzene rings is 1. The van der Waals surface area contributed by atoms with E-state index in [1.807, 2.05) is 18.1 Å². The van der Waals surface area contributed by atoms with Crippen molar-refractivity contribution in [2.24, 2.45) is 0 Å². The average Bonchev–Trinajstić information content (AvgIpc) is 2.56. The Hall–Kier alpha value is -2.74. The predicted molar refractivity (Wildman–Crippen MR) is 86.2 cm³/mol. The fraction of sp³-hybridized carbons (Fsp3) is 0.333. The Morgan fingerprint density at radius 2 is 1.83 bits per heavy atom. The van der Waals surface area contributed by atoms with E-state index in [4.69, 9.17) is 20.3 Å². The molecule has 0 atom stereocenters. The number of fused-ring (bicyclic) bond motifs is 1. The molecule has 0 radical (unpaired) electrons. The number of unbranched alkanes of at least 4 members (excludes halogenated alkanes) is 3. The molecule has 0 bridgehead atoms. The number of ether oxygens (including phenoxy) is 2. The zero-order valence-electron chi connectivity index (χ0n) is 12.7. The minimum atomic E-state index is -0.615. The van der Waals surface area contributed by atoms with Gasteiger partial charge in [-0.05, 0) is 43.9 Å². The minimum Gasteiger partial charge on any atom is -0.493 e. The maximum Gasteiger partial charge on any atom is 0.384 e. The number of rotatable bonds is 8. The Labute approximate surface area is 134 Å². The van der Waals surface area contributed by atoms with E-state index in [1.54, 1.807) is 12.1 Å². The lowest BCUT2D eigenvalue weighted by Crippen LogP contribution is -2.03. The first-order valence-corrected chi connectivity index (χ1v) is 7.49. The molecular weight excluding hydrogens is 296 g/mol. The van der Waals surface area contributed by atoms with Crippen molar-refractivity contribution in [3.05, 3.63) is 40.8 Å². The summed E-state index contributed by atoms with van der Waals surface area (Å²) in [5, 5.41) is 0.860. The van der Waals surface area contributed by atoms with Gasteiger partial charge in [-0.25, -0.2) is 9.59 Å². The van der Waals surface area contributed by atoms with Crippen molar-refractivity contribution in [3.63, 3.8) is 0 Å². The Bertz CT molecular complexity index is 754. The van der Waals surface area contributed by atoms with Gasteiger partial charge in [-0.2, -0.15) is 0 Å². The van der Waals surface area contributed by atoms with E-state index in [0.29, 0.717) is 24.5 Å². The van der Waals surface area contributed by atoms with Crippen LogP contribution in [-0.4, -0.2) is 19.2 Å². The van der Waals surface area contributed by atoms with Crippen molar-refractivity contribution in [3.8, 4) is 18.1 Å². The lowest BCUT2D eigenvalue weighted by atomic mass is 10.2. The Morgan fingerprint density at radius 1 is 1.09 bits per heavy atom. The van der Waals surface area contributed by atoms with Crippen LogP contribution in [0.25, 0.3) is 11.0 Å². The van der Waals surface area contributed by atoms with Crippen LogP contribution in [0, 0.1) is 12.3 Å². The van der Waals surface area contributed by atoms with Gasteiger partial charge in [-0.1, -0.05) is 0 Å². The molecule has 120 valence electrons. The highest BCUT2D eigenvalue weighted by Crippen LogP contribution is 2.19. The number of carbonyl (C=O) groups is 1. The van der Waals surface area contributed by atoms with Gasteiger partial charge in [0, 0.05) is 23.4 Å². The lowest BCUT2D eigenvalue weighted by Gasteiger charge is -2.07. The van der Waals surface area contributed by atoms with Gasteiger partial charge < -0.3 is 13.9 Å². The highest BCUT2D eigenvalue weighted by atomic mass is 16.5. The summed E-state index contributed by atoms with van der Waals surface area (Å²) in [6.45, 7) is 0.931. The Kier molecular flexibility index (Phi) is 6.25. The van der Waals surface area contributed by atoms with Crippen molar-refractivity contribution < 1.29 is 18.7 Å². The molecule has 1 heterocycles. The minimum absolute atomic E-state index is 0.355. The van der Waals surface area contributed by atoms with Crippen LogP contribution >= 0.6 is 0 Å². The molecule has 23 heavy (non-hydrogen) atoms. The van der Waals surface area contributed by atoms with Crippen molar-refractivity contribution in [1.82, 2.24) is 0 Å². The number of esters is 1. The Morgan fingerprint density at radius 3 is 2.61 bits per heavy atom. The standard InChI is InChI=1S/C18H18O5/c1-2-17(19)22-12-6-4-3-5-11-21-15-9-7-14-8-10-18(20)23-16(14)13-15/h1,7-10,13H,3-6,11-12H2.